The zero-order valence-corrected chi connectivity index (χ0v) is 20.6. The van der Waals surface area contributed by atoms with Gasteiger partial charge in [-0.3, -0.25) is 14.5 Å². The van der Waals surface area contributed by atoms with Crippen LogP contribution in [0.4, 0.5) is 4.79 Å². The quantitative estimate of drug-likeness (QED) is 0.279. The second-order valence-electron chi connectivity index (χ2n) is 6.48. The first-order chi connectivity index (χ1) is 14.4. The number of aromatic hydroxyl groups is 1. The Morgan fingerprint density at radius 2 is 1.83 bits per heavy atom. The van der Waals surface area contributed by atoms with Gasteiger partial charge in [0.05, 0.1) is 15.0 Å². The molecular weight excluding hydrogens is 628 g/mol. The van der Waals surface area contributed by atoms with Crippen LogP contribution in [0.15, 0.2) is 59.5 Å². The Morgan fingerprint density at radius 1 is 1.07 bits per heavy atom. The van der Waals surface area contributed by atoms with E-state index in [2.05, 4.69) is 22.6 Å². The molecule has 0 saturated carbocycles. The van der Waals surface area contributed by atoms with Gasteiger partial charge in [-0.05, 0) is 86.6 Å². The SMILES string of the molecule is O=C1S/C(=C\c2cc(I)cc(I)c2O)C(=O)N1CCOc1cccc2ccccc12. The Labute approximate surface area is 204 Å². The molecule has 8 heteroatoms. The van der Waals surface area contributed by atoms with Crippen molar-refractivity contribution in [3.05, 3.63) is 72.2 Å². The fourth-order valence-corrected chi connectivity index (χ4v) is 5.84. The van der Waals surface area contributed by atoms with Gasteiger partial charge in [-0.25, -0.2) is 0 Å². The molecule has 5 nitrogen and oxygen atoms in total. The molecule has 2 amide bonds. The van der Waals surface area contributed by atoms with Crippen molar-refractivity contribution in [2.45, 2.75) is 0 Å². The monoisotopic (exact) mass is 643 g/mol. The van der Waals surface area contributed by atoms with E-state index in [-0.39, 0.29) is 30.0 Å². The van der Waals surface area contributed by atoms with Crippen LogP contribution in [0.3, 0.4) is 0 Å². The minimum Gasteiger partial charge on any atom is -0.506 e. The third-order valence-corrected chi connectivity index (χ3v) is 6.89. The fraction of sp³-hybridized carbons (Fsp3) is 0.0909. The number of rotatable bonds is 5. The molecule has 0 unspecified atom stereocenters. The van der Waals surface area contributed by atoms with Gasteiger partial charge in [-0.15, -0.1) is 0 Å². The summed E-state index contributed by atoms with van der Waals surface area (Å²) in [4.78, 5) is 26.6. The molecule has 0 radical (unpaired) electrons. The Balaban J connectivity index is 1.47. The van der Waals surface area contributed by atoms with E-state index in [1.54, 1.807) is 12.1 Å². The number of thioether (sulfide) groups is 1. The second-order valence-corrected chi connectivity index (χ2v) is 9.89. The van der Waals surface area contributed by atoms with Crippen LogP contribution in [0, 0.1) is 7.14 Å². The molecule has 1 saturated heterocycles. The number of imide groups is 1. The van der Waals surface area contributed by atoms with Gasteiger partial charge < -0.3 is 9.84 Å². The molecule has 0 atom stereocenters. The van der Waals surface area contributed by atoms with E-state index < -0.39 is 0 Å². The average Bonchev–Trinajstić information content (AvgIpc) is 2.99. The Morgan fingerprint density at radius 3 is 2.67 bits per heavy atom. The number of nitrogens with zero attached hydrogens (tertiary/aromatic N) is 1. The average molecular weight is 643 g/mol. The van der Waals surface area contributed by atoms with Crippen molar-refractivity contribution < 1.29 is 19.4 Å². The van der Waals surface area contributed by atoms with Gasteiger partial charge in [-0.1, -0.05) is 36.4 Å². The van der Waals surface area contributed by atoms with Gasteiger partial charge in [0, 0.05) is 14.5 Å². The Hall–Kier alpha value is -1.79. The van der Waals surface area contributed by atoms with Crippen LogP contribution in [0.5, 0.6) is 11.5 Å². The number of carbonyl (C=O) groups is 2. The number of halogens is 2. The van der Waals surface area contributed by atoms with Crippen molar-refractivity contribution in [1.82, 2.24) is 4.90 Å². The summed E-state index contributed by atoms with van der Waals surface area (Å²) in [5.74, 6) is 0.441. The number of hydrogen-bond acceptors (Lipinski definition) is 5. The lowest BCUT2D eigenvalue weighted by Crippen LogP contribution is -2.32. The molecule has 3 aromatic rings. The van der Waals surface area contributed by atoms with E-state index in [1.807, 2.05) is 71.1 Å². The first kappa shape index (κ1) is 21.4. The van der Waals surface area contributed by atoms with Crippen molar-refractivity contribution in [2.24, 2.45) is 0 Å². The van der Waals surface area contributed by atoms with Crippen molar-refractivity contribution in [3.63, 3.8) is 0 Å². The fourth-order valence-electron chi connectivity index (χ4n) is 3.10. The minimum absolute atomic E-state index is 0.0992. The molecule has 152 valence electrons. The molecule has 1 N–H and O–H groups in total. The lowest BCUT2D eigenvalue weighted by molar-refractivity contribution is -0.123. The molecule has 1 aliphatic heterocycles. The van der Waals surface area contributed by atoms with Crippen LogP contribution in [-0.2, 0) is 4.79 Å². The van der Waals surface area contributed by atoms with Crippen molar-refractivity contribution in [1.29, 1.82) is 0 Å². The second kappa shape index (κ2) is 9.15. The minimum atomic E-state index is -0.375. The first-order valence-electron chi connectivity index (χ1n) is 8.98. The van der Waals surface area contributed by atoms with Gasteiger partial charge in [0.2, 0.25) is 0 Å². The number of benzene rings is 3. The van der Waals surface area contributed by atoms with E-state index in [9.17, 15) is 14.7 Å². The van der Waals surface area contributed by atoms with Crippen LogP contribution < -0.4 is 4.74 Å². The molecule has 0 aromatic heterocycles. The van der Waals surface area contributed by atoms with Crippen molar-refractivity contribution in [2.75, 3.05) is 13.2 Å². The molecule has 0 spiro atoms. The third kappa shape index (κ3) is 4.45. The van der Waals surface area contributed by atoms with Gasteiger partial charge >= 0.3 is 0 Å². The summed E-state index contributed by atoms with van der Waals surface area (Å²) >= 11 is 5.05. The predicted octanol–water partition coefficient (Wildman–Crippen LogP) is 5.87. The number of ether oxygens (including phenoxy) is 1. The summed E-state index contributed by atoms with van der Waals surface area (Å²) in [6.07, 6.45) is 1.57. The number of phenolic OH excluding ortho intramolecular Hbond substituents is 1. The highest BCUT2D eigenvalue weighted by Crippen LogP contribution is 2.35. The molecular formula is C22H15I2NO4S. The lowest BCUT2D eigenvalue weighted by atomic mass is 10.1. The Bertz CT molecular complexity index is 1190. The summed E-state index contributed by atoms with van der Waals surface area (Å²) < 4.78 is 7.49. The molecule has 1 heterocycles. The molecule has 4 rings (SSSR count). The normalized spacial score (nSPS) is 15.4. The maximum Gasteiger partial charge on any atom is 0.293 e. The lowest BCUT2D eigenvalue weighted by Gasteiger charge is -2.14. The summed E-state index contributed by atoms with van der Waals surface area (Å²) in [5.41, 5.74) is 0.517. The summed E-state index contributed by atoms with van der Waals surface area (Å²) in [6.45, 7) is 0.354. The number of carbonyl (C=O) groups excluding carboxylic acids is 2. The summed E-state index contributed by atoms with van der Waals surface area (Å²) in [5, 5.41) is 12.0. The maximum atomic E-state index is 12.7. The smallest absolute Gasteiger partial charge is 0.293 e. The summed E-state index contributed by atoms with van der Waals surface area (Å²) in [7, 11) is 0. The Kier molecular flexibility index (Phi) is 6.54. The van der Waals surface area contributed by atoms with Crippen LogP contribution in [-0.4, -0.2) is 34.3 Å². The van der Waals surface area contributed by atoms with E-state index in [0.717, 1.165) is 26.1 Å². The number of hydrogen-bond donors (Lipinski definition) is 1. The van der Waals surface area contributed by atoms with E-state index in [0.29, 0.717) is 19.8 Å². The maximum absolute atomic E-state index is 12.7. The molecule has 0 bridgehead atoms. The van der Waals surface area contributed by atoms with Crippen molar-refractivity contribution in [3.8, 4) is 11.5 Å². The molecule has 1 aliphatic rings. The highest BCUT2D eigenvalue weighted by Gasteiger charge is 2.35. The standard InChI is InChI=1S/C22H15I2NO4S/c23-15-10-14(20(26)17(24)12-15)11-19-21(27)25(22(28)30-19)8-9-29-18-7-3-5-13-4-1-2-6-16(13)18/h1-7,10-12,26H,8-9H2/b19-11-. The number of phenols is 1. The van der Waals surface area contributed by atoms with Gasteiger partial charge in [0.25, 0.3) is 11.1 Å². The first-order valence-corrected chi connectivity index (χ1v) is 12.0. The zero-order valence-electron chi connectivity index (χ0n) is 15.5. The van der Waals surface area contributed by atoms with Crippen LogP contribution >= 0.6 is 56.9 Å². The summed E-state index contributed by atoms with van der Waals surface area (Å²) in [6, 6.07) is 17.3. The molecule has 1 fully saturated rings. The van der Waals surface area contributed by atoms with Gasteiger partial charge in [0.1, 0.15) is 18.1 Å². The van der Waals surface area contributed by atoms with E-state index >= 15 is 0 Å². The van der Waals surface area contributed by atoms with E-state index in [1.165, 1.54) is 4.90 Å². The van der Waals surface area contributed by atoms with Crippen LogP contribution in [0.25, 0.3) is 16.8 Å². The number of amides is 2. The largest absolute Gasteiger partial charge is 0.506 e. The molecule has 0 aliphatic carbocycles. The highest BCUT2D eigenvalue weighted by molar-refractivity contribution is 14.1. The van der Waals surface area contributed by atoms with Crippen molar-refractivity contribution >= 4 is 84.9 Å². The van der Waals surface area contributed by atoms with Gasteiger partial charge in [0.15, 0.2) is 0 Å². The molecule has 30 heavy (non-hydrogen) atoms. The zero-order chi connectivity index (χ0) is 21.3. The third-order valence-electron chi connectivity index (χ3n) is 4.54. The van der Waals surface area contributed by atoms with Gasteiger partial charge in [-0.2, -0.15) is 0 Å². The van der Waals surface area contributed by atoms with E-state index in [4.69, 9.17) is 4.74 Å². The van der Waals surface area contributed by atoms with Crippen LogP contribution in [0.2, 0.25) is 0 Å². The molecule has 3 aromatic carbocycles. The predicted molar refractivity (Wildman–Crippen MR) is 136 cm³/mol. The number of fused-ring (bicyclic) bond motifs is 1. The topological polar surface area (TPSA) is 66.8 Å². The highest BCUT2D eigenvalue weighted by atomic mass is 127. The van der Waals surface area contributed by atoms with Crippen LogP contribution in [0.1, 0.15) is 5.56 Å².